The van der Waals surface area contributed by atoms with Crippen LogP contribution in [0.2, 0.25) is 10.9 Å². The Morgan fingerprint density at radius 1 is 1.75 bits per heavy atom. The van der Waals surface area contributed by atoms with Gasteiger partial charge in [0.2, 0.25) is 0 Å². The molecule has 0 bridgehead atoms. The van der Waals surface area contributed by atoms with Crippen molar-refractivity contribution in [1.29, 1.82) is 0 Å². The quantitative estimate of drug-likeness (QED) is 0.469. The van der Waals surface area contributed by atoms with E-state index in [2.05, 4.69) is 10.4 Å². The van der Waals surface area contributed by atoms with Crippen LogP contribution >= 0.6 is 0 Å². The van der Waals surface area contributed by atoms with Crippen LogP contribution in [0.3, 0.4) is 0 Å². The number of hydrogen-bond donors (Lipinski definition) is 0. The van der Waals surface area contributed by atoms with Crippen molar-refractivity contribution in [3.63, 3.8) is 0 Å². The third-order valence-corrected chi connectivity index (χ3v) is 2.17. The SMILES string of the molecule is COC(=O)CC[As]C. The normalized spacial score (nSPS) is 10.2. The number of carbonyl (C=O) groups excluding carboxylic acids is 1. The van der Waals surface area contributed by atoms with Gasteiger partial charge in [0.25, 0.3) is 0 Å². The first-order chi connectivity index (χ1) is 3.81. The molecule has 0 heterocycles. The monoisotopic (exact) mass is 177 g/mol. The Hall–Kier alpha value is 0.0284. The van der Waals surface area contributed by atoms with Gasteiger partial charge in [0.15, 0.2) is 0 Å². The first-order valence-corrected chi connectivity index (χ1v) is 5.64. The molecule has 0 aliphatic carbocycles. The maximum absolute atomic E-state index is 10.4. The van der Waals surface area contributed by atoms with Crippen LogP contribution in [0.15, 0.2) is 0 Å². The average Bonchev–Trinajstić information content (AvgIpc) is 1.83. The predicted octanol–water partition coefficient (Wildman–Crippen LogP) is 0.720. The number of hydrogen-bond acceptors (Lipinski definition) is 2. The molecule has 8 heavy (non-hydrogen) atoms. The number of ether oxygens (including phenoxy) is 1. The summed E-state index contributed by atoms with van der Waals surface area (Å²) in [6.07, 6.45) is 0.604. The Morgan fingerprint density at radius 3 is 2.75 bits per heavy atom. The second kappa shape index (κ2) is 5.17. The average molecular weight is 177 g/mol. The molecule has 0 unspecified atom stereocenters. The van der Waals surface area contributed by atoms with E-state index in [1.807, 2.05) is 0 Å². The molecule has 3 heteroatoms. The molecule has 0 spiro atoms. The van der Waals surface area contributed by atoms with Crippen LogP contribution in [0.5, 0.6) is 0 Å². The molecule has 47 valence electrons. The Morgan fingerprint density at radius 2 is 2.38 bits per heavy atom. The van der Waals surface area contributed by atoms with Crippen LogP contribution in [-0.2, 0) is 9.53 Å². The van der Waals surface area contributed by atoms with Gasteiger partial charge < -0.3 is 0 Å². The molecule has 0 saturated carbocycles. The number of methoxy groups -OCH3 is 1. The zero-order chi connectivity index (χ0) is 6.41. The second-order valence-electron chi connectivity index (χ2n) is 1.37. The first kappa shape index (κ1) is 8.03. The molecule has 0 aliphatic rings. The van der Waals surface area contributed by atoms with E-state index >= 15 is 0 Å². The van der Waals surface area contributed by atoms with Crippen molar-refractivity contribution in [2.45, 2.75) is 17.3 Å². The molecule has 2 nitrogen and oxygen atoms in total. The van der Waals surface area contributed by atoms with E-state index in [9.17, 15) is 4.79 Å². The summed E-state index contributed by atoms with van der Waals surface area (Å²) < 4.78 is 4.43. The Labute approximate surface area is 56.3 Å². The van der Waals surface area contributed by atoms with Gasteiger partial charge >= 0.3 is 55.7 Å². The van der Waals surface area contributed by atoms with E-state index in [1.165, 1.54) is 7.11 Å². The van der Waals surface area contributed by atoms with Gasteiger partial charge in [-0.3, -0.25) is 0 Å². The zero-order valence-electron chi connectivity index (χ0n) is 5.18. The Bertz CT molecular complexity index is 72.8. The van der Waals surface area contributed by atoms with Gasteiger partial charge in [-0.15, -0.1) is 0 Å². The molecule has 0 N–H and O–H groups in total. The van der Waals surface area contributed by atoms with Gasteiger partial charge in [-0.2, -0.15) is 0 Å². The molecule has 0 amide bonds. The molecule has 0 aliphatic heterocycles. The molecule has 1 radical (unpaired) electrons. The van der Waals surface area contributed by atoms with Crippen LogP contribution in [0.4, 0.5) is 0 Å². The summed E-state index contributed by atoms with van der Waals surface area (Å²) in [6, 6.07) is 0. The van der Waals surface area contributed by atoms with Crippen molar-refractivity contribution in [2.24, 2.45) is 0 Å². The van der Waals surface area contributed by atoms with Crippen molar-refractivity contribution >= 4 is 21.7 Å². The van der Waals surface area contributed by atoms with E-state index in [1.54, 1.807) is 0 Å². The number of esters is 1. The van der Waals surface area contributed by atoms with E-state index in [0.29, 0.717) is 22.2 Å². The standard InChI is InChI=1S/C5H10AsO2/c1-6-4-3-5(7)8-2/h3-4H2,1-2H3. The third kappa shape index (κ3) is 4.19. The van der Waals surface area contributed by atoms with Crippen LogP contribution in [0, 0.1) is 0 Å². The zero-order valence-corrected chi connectivity index (χ0v) is 7.05. The summed E-state index contributed by atoms with van der Waals surface area (Å²) in [6.45, 7) is 0. The summed E-state index contributed by atoms with van der Waals surface area (Å²) >= 11 is 0.383. The molecule has 0 rings (SSSR count). The Balaban J connectivity index is 2.99. The minimum atomic E-state index is -0.0813. The van der Waals surface area contributed by atoms with Crippen molar-refractivity contribution in [3.8, 4) is 0 Å². The fourth-order valence-corrected chi connectivity index (χ4v) is 1.16. The second-order valence-corrected chi connectivity index (χ2v) is 3.63. The van der Waals surface area contributed by atoms with Gasteiger partial charge in [0.1, 0.15) is 0 Å². The van der Waals surface area contributed by atoms with Crippen molar-refractivity contribution in [3.05, 3.63) is 0 Å². The van der Waals surface area contributed by atoms with Gasteiger partial charge in [0.05, 0.1) is 0 Å². The first-order valence-electron chi connectivity index (χ1n) is 2.43. The topological polar surface area (TPSA) is 26.3 Å². The molecule has 0 saturated heterocycles. The minimum absolute atomic E-state index is 0.0813. The van der Waals surface area contributed by atoms with Crippen molar-refractivity contribution in [1.82, 2.24) is 0 Å². The van der Waals surface area contributed by atoms with Crippen molar-refractivity contribution in [2.75, 3.05) is 7.11 Å². The fraction of sp³-hybridized carbons (Fsp3) is 0.800. The van der Waals surface area contributed by atoms with Crippen LogP contribution in [0.25, 0.3) is 0 Å². The summed E-state index contributed by atoms with van der Waals surface area (Å²) in [4.78, 5) is 10.4. The van der Waals surface area contributed by atoms with Crippen LogP contribution < -0.4 is 0 Å². The molecule has 0 atom stereocenters. The summed E-state index contributed by atoms with van der Waals surface area (Å²) in [5.41, 5.74) is 2.14. The maximum atomic E-state index is 10.4. The van der Waals surface area contributed by atoms with Gasteiger partial charge in [-0.25, -0.2) is 0 Å². The van der Waals surface area contributed by atoms with E-state index in [4.69, 9.17) is 0 Å². The van der Waals surface area contributed by atoms with E-state index < -0.39 is 0 Å². The molecular weight excluding hydrogens is 167 g/mol. The van der Waals surface area contributed by atoms with Crippen LogP contribution in [-0.4, -0.2) is 28.8 Å². The molecule has 0 aromatic heterocycles. The van der Waals surface area contributed by atoms with E-state index in [-0.39, 0.29) is 5.97 Å². The molecule has 0 fully saturated rings. The molecule has 0 aromatic rings. The fourth-order valence-electron chi connectivity index (χ4n) is 0.305. The Kier molecular flexibility index (Phi) is 5.19. The predicted molar refractivity (Wildman–Crippen MR) is 33.1 cm³/mol. The molecule has 0 aromatic carbocycles. The van der Waals surface area contributed by atoms with Crippen molar-refractivity contribution < 1.29 is 9.53 Å². The summed E-state index contributed by atoms with van der Waals surface area (Å²) in [5.74, 6) is -0.0813. The van der Waals surface area contributed by atoms with E-state index in [0.717, 1.165) is 5.21 Å². The summed E-state index contributed by atoms with van der Waals surface area (Å²) in [7, 11) is 1.43. The number of rotatable bonds is 3. The van der Waals surface area contributed by atoms with Gasteiger partial charge in [-0.05, 0) is 0 Å². The molecular formula is C5H10AsO2. The van der Waals surface area contributed by atoms with Crippen LogP contribution in [0.1, 0.15) is 6.42 Å². The number of carbonyl (C=O) groups is 1. The third-order valence-electron chi connectivity index (χ3n) is 0.767. The van der Waals surface area contributed by atoms with Gasteiger partial charge in [-0.1, -0.05) is 0 Å². The van der Waals surface area contributed by atoms with Gasteiger partial charge in [0, 0.05) is 0 Å². The summed E-state index contributed by atoms with van der Waals surface area (Å²) in [5, 5.41) is 1.03.